The van der Waals surface area contributed by atoms with Crippen LogP contribution in [0.1, 0.15) is 18.4 Å². The van der Waals surface area contributed by atoms with Gasteiger partial charge in [-0.1, -0.05) is 0 Å². The van der Waals surface area contributed by atoms with E-state index in [0.717, 1.165) is 17.1 Å². The number of nitrogens with one attached hydrogen (secondary N) is 1. The van der Waals surface area contributed by atoms with Crippen molar-refractivity contribution in [1.82, 2.24) is 5.32 Å². The summed E-state index contributed by atoms with van der Waals surface area (Å²) in [5.41, 5.74) is 6.76. The molecule has 1 aliphatic carbocycles. The molecule has 2 rings (SSSR count). The summed E-state index contributed by atoms with van der Waals surface area (Å²) in [5.74, 6) is 1.22. The third-order valence-corrected chi connectivity index (χ3v) is 4.07. The van der Waals surface area contributed by atoms with E-state index in [4.69, 9.17) is 15.2 Å². The van der Waals surface area contributed by atoms with Crippen molar-refractivity contribution in [2.24, 2.45) is 11.7 Å². The Labute approximate surface area is 130 Å². The highest BCUT2D eigenvalue weighted by molar-refractivity contribution is 5.79. The molecular formula is C16H24N2O4. The summed E-state index contributed by atoms with van der Waals surface area (Å²) in [6.07, 6.45) is 1.10. The number of amides is 1. The van der Waals surface area contributed by atoms with Gasteiger partial charge in [0.25, 0.3) is 0 Å². The minimum Gasteiger partial charge on any atom is -0.497 e. The van der Waals surface area contributed by atoms with Gasteiger partial charge in [-0.05, 0) is 37.0 Å². The van der Waals surface area contributed by atoms with Crippen molar-refractivity contribution < 1.29 is 19.4 Å². The van der Waals surface area contributed by atoms with Crippen LogP contribution in [0.4, 0.5) is 0 Å². The third-order valence-electron chi connectivity index (χ3n) is 4.07. The van der Waals surface area contributed by atoms with E-state index in [0.29, 0.717) is 25.8 Å². The minimum atomic E-state index is -0.571. The second kappa shape index (κ2) is 7.47. The van der Waals surface area contributed by atoms with Gasteiger partial charge in [0.15, 0.2) is 0 Å². The molecule has 1 amide bonds. The van der Waals surface area contributed by atoms with Gasteiger partial charge in [0.05, 0.1) is 20.3 Å². The summed E-state index contributed by atoms with van der Waals surface area (Å²) in [6.45, 7) is 0.525. The van der Waals surface area contributed by atoms with Crippen LogP contribution in [0.25, 0.3) is 0 Å². The van der Waals surface area contributed by atoms with Crippen LogP contribution >= 0.6 is 0 Å². The summed E-state index contributed by atoms with van der Waals surface area (Å²) < 4.78 is 10.4. The van der Waals surface area contributed by atoms with Crippen LogP contribution < -0.4 is 20.5 Å². The Morgan fingerprint density at radius 2 is 1.91 bits per heavy atom. The van der Waals surface area contributed by atoms with Crippen LogP contribution in [0.3, 0.4) is 0 Å². The molecule has 122 valence electrons. The second-order valence-corrected chi connectivity index (χ2v) is 5.66. The predicted molar refractivity (Wildman–Crippen MR) is 83.0 cm³/mol. The molecule has 0 aromatic heterocycles. The lowest BCUT2D eigenvalue weighted by Crippen LogP contribution is -2.32. The lowest BCUT2D eigenvalue weighted by molar-refractivity contribution is -0.125. The molecule has 3 atom stereocenters. The molecule has 4 N–H and O–H groups in total. The molecular weight excluding hydrogens is 284 g/mol. The van der Waals surface area contributed by atoms with Crippen molar-refractivity contribution in [3.63, 3.8) is 0 Å². The normalized spacial score (nSPS) is 24.1. The van der Waals surface area contributed by atoms with Gasteiger partial charge in [0, 0.05) is 24.6 Å². The standard InChI is InChI=1S/C16H24N2O4/c1-21-12-5-10(6-13(9-12)22-2)3-4-18-16(20)11-7-14(17)15(19)8-11/h5-6,9,11,14-15,19H,3-4,7-8,17H2,1-2H3,(H,18,20)/t11-,14+,15+/m0/s1. The molecule has 0 saturated heterocycles. The van der Waals surface area contributed by atoms with Crippen LogP contribution in [0.15, 0.2) is 18.2 Å². The molecule has 0 unspecified atom stereocenters. The SMILES string of the molecule is COc1cc(CCNC(=O)[C@H]2C[C@@H](N)[C@H](O)C2)cc(OC)c1. The van der Waals surface area contributed by atoms with Crippen LogP contribution in [-0.2, 0) is 11.2 Å². The van der Waals surface area contributed by atoms with Crippen molar-refractivity contribution in [3.8, 4) is 11.5 Å². The highest BCUT2D eigenvalue weighted by Gasteiger charge is 2.34. The number of ether oxygens (including phenoxy) is 2. The van der Waals surface area contributed by atoms with Gasteiger partial charge in [-0.3, -0.25) is 4.79 Å². The fourth-order valence-corrected chi connectivity index (χ4v) is 2.75. The molecule has 6 nitrogen and oxygen atoms in total. The van der Waals surface area contributed by atoms with Gasteiger partial charge in [0.1, 0.15) is 11.5 Å². The number of nitrogens with two attached hydrogens (primary N) is 1. The van der Waals surface area contributed by atoms with Crippen molar-refractivity contribution in [3.05, 3.63) is 23.8 Å². The molecule has 6 heteroatoms. The van der Waals surface area contributed by atoms with Gasteiger partial charge < -0.3 is 25.6 Å². The van der Waals surface area contributed by atoms with Crippen LogP contribution in [-0.4, -0.2) is 43.9 Å². The summed E-state index contributed by atoms with van der Waals surface area (Å²) in [5, 5.41) is 12.5. The predicted octanol–water partition coefficient (Wildman–Crippen LogP) is 0.461. The van der Waals surface area contributed by atoms with Crippen molar-refractivity contribution in [2.75, 3.05) is 20.8 Å². The Balaban J connectivity index is 1.84. The van der Waals surface area contributed by atoms with E-state index < -0.39 is 6.10 Å². The van der Waals surface area contributed by atoms with Crippen LogP contribution in [0, 0.1) is 5.92 Å². The molecule has 0 bridgehead atoms. The number of hydrogen-bond donors (Lipinski definition) is 3. The van der Waals surface area contributed by atoms with Crippen molar-refractivity contribution in [1.29, 1.82) is 0 Å². The first-order valence-electron chi connectivity index (χ1n) is 7.46. The smallest absolute Gasteiger partial charge is 0.223 e. The first kappa shape index (κ1) is 16.6. The Bertz CT molecular complexity index is 489. The van der Waals surface area contributed by atoms with Crippen molar-refractivity contribution in [2.45, 2.75) is 31.4 Å². The number of aliphatic hydroxyl groups excluding tert-OH is 1. The van der Waals surface area contributed by atoms with Gasteiger partial charge in [0.2, 0.25) is 5.91 Å². The molecule has 0 radical (unpaired) electrons. The molecule has 22 heavy (non-hydrogen) atoms. The molecule has 1 aromatic carbocycles. The fraction of sp³-hybridized carbons (Fsp3) is 0.562. The van der Waals surface area contributed by atoms with E-state index in [1.54, 1.807) is 14.2 Å². The fourth-order valence-electron chi connectivity index (χ4n) is 2.75. The molecule has 1 aromatic rings. The number of aliphatic hydroxyl groups is 1. The van der Waals surface area contributed by atoms with E-state index >= 15 is 0 Å². The van der Waals surface area contributed by atoms with Gasteiger partial charge in [-0.2, -0.15) is 0 Å². The molecule has 1 fully saturated rings. The van der Waals surface area contributed by atoms with Gasteiger partial charge in [-0.25, -0.2) is 0 Å². The lowest BCUT2D eigenvalue weighted by atomic mass is 10.1. The number of carbonyl (C=O) groups excluding carboxylic acids is 1. The Kier molecular flexibility index (Phi) is 5.63. The monoisotopic (exact) mass is 308 g/mol. The van der Waals surface area contributed by atoms with Gasteiger partial charge in [-0.15, -0.1) is 0 Å². The Morgan fingerprint density at radius 3 is 2.41 bits per heavy atom. The Hall–Kier alpha value is -1.79. The van der Waals surface area contributed by atoms with Crippen LogP contribution in [0.5, 0.6) is 11.5 Å². The summed E-state index contributed by atoms with van der Waals surface area (Å²) in [4.78, 5) is 12.0. The third kappa shape index (κ3) is 4.11. The molecule has 0 spiro atoms. The van der Waals surface area contributed by atoms with E-state index in [1.807, 2.05) is 18.2 Å². The maximum Gasteiger partial charge on any atom is 0.223 e. The minimum absolute atomic E-state index is 0.0399. The quantitative estimate of drug-likeness (QED) is 0.710. The highest BCUT2D eigenvalue weighted by Crippen LogP contribution is 2.25. The maximum absolute atomic E-state index is 12.0. The molecule has 1 saturated carbocycles. The topological polar surface area (TPSA) is 93.8 Å². The Morgan fingerprint density at radius 1 is 1.27 bits per heavy atom. The van der Waals surface area contributed by atoms with E-state index in [1.165, 1.54) is 0 Å². The van der Waals surface area contributed by atoms with E-state index in [2.05, 4.69) is 5.32 Å². The highest BCUT2D eigenvalue weighted by atomic mass is 16.5. The zero-order chi connectivity index (χ0) is 16.1. The average molecular weight is 308 g/mol. The van der Waals surface area contributed by atoms with Crippen LogP contribution in [0.2, 0.25) is 0 Å². The van der Waals surface area contributed by atoms with E-state index in [9.17, 15) is 9.90 Å². The average Bonchev–Trinajstić information content (AvgIpc) is 2.86. The summed E-state index contributed by atoms with van der Waals surface area (Å²) in [7, 11) is 3.21. The second-order valence-electron chi connectivity index (χ2n) is 5.66. The molecule has 0 heterocycles. The van der Waals surface area contributed by atoms with E-state index in [-0.39, 0.29) is 17.9 Å². The maximum atomic E-state index is 12.0. The largest absolute Gasteiger partial charge is 0.497 e. The number of carbonyl (C=O) groups is 1. The molecule has 1 aliphatic rings. The zero-order valence-corrected chi connectivity index (χ0v) is 13.0. The summed E-state index contributed by atoms with van der Waals surface area (Å²) >= 11 is 0. The number of methoxy groups -OCH3 is 2. The number of benzene rings is 1. The number of rotatable bonds is 6. The lowest BCUT2D eigenvalue weighted by Gasteiger charge is -2.12. The summed E-state index contributed by atoms with van der Waals surface area (Å²) in [6, 6.07) is 5.36. The zero-order valence-electron chi connectivity index (χ0n) is 13.0. The van der Waals surface area contributed by atoms with Gasteiger partial charge >= 0.3 is 0 Å². The van der Waals surface area contributed by atoms with Crippen molar-refractivity contribution >= 4 is 5.91 Å². The molecule has 0 aliphatic heterocycles. The number of hydrogen-bond acceptors (Lipinski definition) is 5. The first-order chi connectivity index (χ1) is 10.5. The first-order valence-corrected chi connectivity index (χ1v) is 7.46.